The average Bonchev–Trinajstić information content (AvgIpc) is 3.05. The highest BCUT2D eigenvalue weighted by molar-refractivity contribution is 5.79. The van der Waals surface area contributed by atoms with Gasteiger partial charge in [0.1, 0.15) is 17.6 Å². The van der Waals surface area contributed by atoms with Crippen molar-refractivity contribution in [2.75, 3.05) is 20.7 Å². The van der Waals surface area contributed by atoms with Crippen molar-refractivity contribution in [3.63, 3.8) is 0 Å². The summed E-state index contributed by atoms with van der Waals surface area (Å²) in [4.78, 5) is 4.28. The summed E-state index contributed by atoms with van der Waals surface area (Å²) in [6.07, 6.45) is 1.07. The molecule has 0 saturated carbocycles. The number of rotatable bonds is 5. The van der Waals surface area contributed by atoms with E-state index < -0.39 is 0 Å². The average molecular weight is 339 g/mol. The number of fused-ring (bicyclic) bond motifs is 1. The monoisotopic (exact) mass is 339 g/mol. The number of hydrogen-bond acceptors (Lipinski definition) is 3. The van der Waals surface area contributed by atoms with Crippen LogP contribution in [0.3, 0.4) is 0 Å². The van der Waals surface area contributed by atoms with Gasteiger partial charge in [0.25, 0.3) is 0 Å². The minimum absolute atomic E-state index is 0.138. The maximum absolute atomic E-state index is 5.95. The molecular formula is C20H25N3O2. The Morgan fingerprint density at radius 2 is 2.08 bits per heavy atom. The molecule has 5 nitrogen and oxygen atoms in total. The molecule has 2 aromatic carbocycles. The summed E-state index contributed by atoms with van der Waals surface area (Å²) < 4.78 is 11.2. The van der Waals surface area contributed by atoms with E-state index >= 15 is 0 Å². The van der Waals surface area contributed by atoms with Crippen molar-refractivity contribution >= 4 is 5.96 Å². The first kappa shape index (κ1) is 17.1. The quantitative estimate of drug-likeness (QED) is 0.650. The van der Waals surface area contributed by atoms with Crippen molar-refractivity contribution in [3.05, 3.63) is 59.2 Å². The van der Waals surface area contributed by atoms with E-state index in [0.717, 1.165) is 36.0 Å². The SMILES string of the molecule is CN=C(NCc1ccc(OC)c(C)c1)NCC1Cc2ccccc2O1. The van der Waals surface area contributed by atoms with Gasteiger partial charge in [-0.05, 0) is 35.7 Å². The third-order valence-corrected chi connectivity index (χ3v) is 4.35. The van der Waals surface area contributed by atoms with Crippen molar-refractivity contribution in [3.8, 4) is 11.5 Å². The number of guanidine groups is 1. The number of methoxy groups -OCH3 is 1. The Labute approximate surface area is 149 Å². The van der Waals surface area contributed by atoms with Crippen LogP contribution in [0.25, 0.3) is 0 Å². The maximum atomic E-state index is 5.95. The van der Waals surface area contributed by atoms with E-state index in [1.165, 1.54) is 11.1 Å². The van der Waals surface area contributed by atoms with Crippen LogP contribution in [0, 0.1) is 6.92 Å². The van der Waals surface area contributed by atoms with Gasteiger partial charge in [0.05, 0.1) is 13.7 Å². The molecule has 0 radical (unpaired) electrons. The molecule has 1 aliphatic heterocycles. The van der Waals surface area contributed by atoms with Crippen LogP contribution in [0.15, 0.2) is 47.5 Å². The van der Waals surface area contributed by atoms with Crippen LogP contribution in [0.2, 0.25) is 0 Å². The number of nitrogens with zero attached hydrogens (tertiary/aromatic N) is 1. The second kappa shape index (κ2) is 7.92. The van der Waals surface area contributed by atoms with Crippen LogP contribution in [0.4, 0.5) is 0 Å². The molecule has 2 N–H and O–H groups in total. The van der Waals surface area contributed by atoms with Gasteiger partial charge in [-0.1, -0.05) is 30.3 Å². The summed E-state index contributed by atoms with van der Waals surface area (Å²) in [7, 11) is 3.47. The Balaban J connectivity index is 1.48. The van der Waals surface area contributed by atoms with E-state index in [2.05, 4.69) is 39.9 Å². The number of aryl methyl sites for hydroxylation is 1. The van der Waals surface area contributed by atoms with Crippen LogP contribution in [-0.2, 0) is 13.0 Å². The van der Waals surface area contributed by atoms with Crippen molar-refractivity contribution in [2.24, 2.45) is 4.99 Å². The fraction of sp³-hybridized carbons (Fsp3) is 0.350. The summed E-state index contributed by atoms with van der Waals surface area (Å²) in [5, 5.41) is 6.68. The molecule has 0 amide bonds. The lowest BCUT2D eigenvalue weighted by Gasteiger charge is -2.16. The normalized spacial score (nSPS) is 16.1. The van der Waals surface area contributed by atoms with Gasteiger partial charge < -0.3 is 20.1 Å². The molecule has 25 heavy (non-hydrogen) atoms. The zero-order chi connectivity index (χ0) is 17.6. The van der Waals surface area contributed by atoms with Crippen LogP contribution >= 0.6 is 0 Å². The molecule has 132 valence electrons. The molecular weight excluding hydrogens is 314 g/mol. The van der Waals surface area contributed by atoms with Crippen molar-refractivity contribution in [1.82, 2.24) is 10.6 Å². The Morgan fingerprint density at radius 3 is 2.80 bits per heavy atom. The molecule has 0 fully saturated rings. The molecule has 5 heteroatoms. The zero-order valence-electron chi connectivity index (χ0n) is 15.0. The second-order valence-corrected chi connectivity index (χ2v) is 6.16. The van der Waals surface area contributed by atoms with Crippen LogP contribution in [0.1, 0.15) is 16.7 Å². The lowest BCUT2D eigenvalue weighted by atomic mass is 10.1. The Morgan fingerprint density at radius 1 is 1.24 bits per heavy atom. The summed E-state index contributed by atoms with van der Waals surface area (Å²) in [5.41, 5.74) is 3.58. The van der Waals surface area contributed by atoms with Gasteiger partial charge in [0.15, 0.2) is 5.96 Å². The largest absolute Gasteiger partial charge is 0.496 e. The summed E-state index contributed by atoms with van der Waals surface area (Å²) in [6, 6.07) is 14.4. The number of ether oxygens (including phenoxy) is 2. The molecule has 3 rings (SSSR count). The summed E-state index contributed by atoms with van der Waals surface area (Å²) in [6.45, 7) is 3.47. The zero-order valence-corrected chi connectivity index (χ0v) is 15.0. The van der Waals surface area contributed by atoms with Crippen molar-refractivity contribution < 1.29 is 9.47 Å². The molecule has 1 heterocycles. The number of benzene rings is 2. The minimum atomic E-state index is 0.138. The second-order valence-electron chi connectivity index (χ2n) is 6.16. The highest BCUT2D eigenvalue weighted by Gasteiger charge is 2.22. The first-order valence-electron chi connectivity index (χ1n) is 8.52. The highest BCUT2D eigenvalue weighted by Crippen LogP contribution is 2.27. The molecule has 1 aliphatic rings. The molecule has 1 unspecified atom stereocenters. The predicted molar refractivity (Wildman–Crippen MR) is 100 cm³/mol. The van der Waals surface area contributed by atoms with E-state index in [1.807, 2.05) is 25.1 Å². The Bertz CT molecular complexity index is 733. The molecule has 0 aliphatic carbocycles. The van der Waals surface area contributed by atoms with E-state index in [1.54, 1.807) is 14.2 Å². The molecule has 0 bridgehead atoms. The summed E-state index contributed by atoms with van der Waals surface area (Å²) >= 11 is 0. The first-order chi connectivity index (χ1) is 12.2. The highest BCUT2D eigenvalue weighted by atomic mass is 16.5. The first-order valence-corrected chi connectivity index (χ1v) is 8.52. The third-order valence-electron chi connectivity index (χ3n) is 4.35. The van der Waals surface area contributed by atoms with E-state index in [0.29, 0.717) is 6.54 Å². The lowest BCUT2D eigenvalue weighted by Crippen LogP contribution is -2.41. The number of nitrogens with one attached hydrogen (secondary N) is 2. The fourth-order valence-corrected chi connectivity index (χ4v) is 3.04. The van der Waals surface area contributed by atoms with Gasteiger partial charge >= 0.3 is 0 Å². The number of aliphatic imine (C=N–C) groups is 1. The van der Waals surface area contributed by atoms with Gasteiger partial charge in [-0.15, -0.1) is 0 Å². The van der Waals surface area contributed by atoms with E-state index in [4.69, 9.17) is 9.47 Å². The van der Waals surface area contributed by atoms with Crippen LogP contribution in [-0.4, -0.2) is 32.8 Å². The lowest BCUT2D eigenvalue weighted by molar-refractivity contribution is 0.235. The van der Waals surface area contributed by atoms with Gasteiger partial charge in [-0.2, -0.15) is 0 Å². The van der Waals surface area contributed by atoms with E-state index in [9.17, 15) is 0 Å². The minimum Gasteiger partial charge on any atom is -0.496 e. The fourth-order valence-electron chi connectivity index (χ4n) is 3.04. The maximum Gasteiger partial charge on any atom is 0.191 e. The molecule has 2 aromatic rings. The Hall–Kier alpha value is -2.69. The smallest absolute Gasteiger partial charge is 0.191 e. The third kappa shape index (κ3) is 4.24. The van der Waals surface area contributed by atoms with E-state index in [-0.39, 0.29) is 6.10 Å². The number of hydrogen-bond donors (Lipinski definition) is 2. The predicted octanol–water partition coefficient (Wildman–Crippen LogP) is 2.67. The topological polar surface area (TPSA) is 54.9 Å². The van der Waals surface area contributed by atoms with Gasteiger partial charge in [-0.25, -0.2) is 0 Å². The van der Waals surface area contributed by atoms with Gasteiger partial charge in [0.2, 0.25) is 0 Å². The molecule has 0 saturated heterocycles. The standard InChI is InChI=1S/C20H25N3O2/c1-14-10-15(8-9-18(14)24-3)12-22-20(21-2)23-13-17-11-16-6-4-5-7-19(16)25-17/h4-10,17H,11-13H2,1-3H3,(H2,21,22,23). The Kier molecular flexibility index (Phi) is 5.43. The van der Waals surface area contributed by atoms with Gasteiger partial charge in [0, 0.05) is 20.0 Å². The van der Waals surface area contributed by atoms with Crippen LogP contribution < -0.4 is 20.1 Å². The van der Waals surface area contributed by atoms with Crippen molar-refractivity contribution in [1.29, 1.82) is 0 Å². The molecule has 0 aromatic heterocycles. The van der Waals surface area contributed by atoms with Crippen molar-refractivity contribution in [2.45, 2.75) is 26.0 Å². The van der Waals surface area contributed by atoms with Crippen LogP contribution in [0.5, 0.6) is 11.5 Å². The number of para-hydroxylation sites is 1. The summed E-state index contributed by atoms with van der Waals surface area (Å²) in [5.74, 6) is 2.67. The molecule has 1 atom stereocenters. The molecule has 0 spiro atoms. The van der Waals surface area contributed by atoms with Gasteiger partial charge in [-0.3, -0.25) is 4.99 Å².